The van der Waals surface area contributed by atoms with E-state index < -0.39 is 11.9 Å². The monoisotopic (exact) mass is 245 g/mol. The first-order valence-electron chi connectivity index (χ1n) is 5.25. The second-order valence-corrected chi connectivity index (χ2v) is 3.31. The van der Waals surface area contributed by atoms with E-state index in [0.29, 0.717) is 0 Å². The number of carbonyl (C=O) groups excluding carboxylic acids is 1. The van der Waals surface area contributed by atoms with E-state index in [0.717, 1.165) is 5.56 Å². The molecule has 0 radical (unpaired) electrons. The summed E-state index contributed by atoms with van der Waals surface area (Å²) in [6.45, 7) is 0. The van der Waals surface area contributed by atoms with Gasteiger partial charge in [-0.2, -0.15) is 0 Å². The number of carbonyl (C=O) groups is 1. The van der Waals surface area contributed by atoms with E-state index in [4.69, 9.17) is 0 Å². The van der Waals surface area contributed by atoms with Crippen LogP contribution in [0.5, 0.6) is 0 Å². The minimum Gasteiger partial charge on any atom is -0.616 e. The van der Waals surface area contributed by atoms with Gasteiger partial charge in [0.15, 0.2) is 0 Å². The molecule has 0 aliphatic carbocycles. The van der Waals surface area contributed by atoms with E-state index in [1.165, 1.54) is 14.2 Å². The van der Waals surface area contributed by atoms with Crippen LogP contribution in [0.15, 0.2) is 41.9 Å². The molecule has 4 nitrogen and oxygen atoms in total. The Hall–Kier alpha value is -2.41. The Morgan fingerprint density at radius 2 is 1.89 bits per heavy atom. The maximum atomic E-state index is 11.3. The molecule has 0 saturated carbocycles. The van der Waals surface area contributed by atoms with E-state index in [2.05, 4.69) is 21.3 Å². The standard InChI is InChI=1S/C14H14O4/c1-17-13(15)12(14(16)18-2)10-6-9-11-7-4-3-5-8-11/h3-5,7-8,15H,10H2,1-2H3/p-1/b13-12-. The van der Waals surface area contributed by atoms with Gasteiger partial charge in [-0.15, -0.1) is 0 Å². The Morgan fingerprint density at radius 1 is 1.22 bits per heavy atom. The third-order valence-corrected chi connectivity index (χ3v) is 2.14. The molecule has 0 amide bonds. The van der Waals surface area contributed by atoms with Gasteiger partial charge in [0.1, 0.15) is 0 Å². The summed E-state index contributed by atoms with van der Waals surface area (Å²) < 4.78 is 8.99. The predicted octanol–water partition coefficient (Wildman–Crippen LogP) is 0.819. The molecule has 0 bridgehead atoms. The second-order valence-electron chi connectivity index (χ2n) is 3.31. The van der Waals surface area contributed by atoms with Gasteiger partial charge in [-0.3, -0.25) is 0 Å². The molecule has 94 valence electrons. The zero-order chi connectivity index (χ0) is 13.4. The fourth-order valence-electron chi connectivity index (χ4n) is 1.23. The molecule has 1 rings (SSSR count). The van der Waals surface area contributed by atoms with E-state index in [9.17, 15) is 9.90 Å². The van der Waals surface area contributed by atoms with Gasteiger partial charge in [0.05, 0.1) is 18.6 Å². The maximum Gasteiger partial charge on any atom is 0.336 e. The van der Waals surface area contributed by atoms with Crippen LogP contribution in [-0.2, 0) is 14.3 Å². The van der Waals surface area contributed by atoms with E-state index >= 15 is 0 Å². The zero-order valence-corrected chi connectivity index (χ0v) is 10.2. The highest BCUT2D eigenvalue weighted by molar-refractivity contribution is 5.89. The minimum atomic E-state index is -0.718. The van der Waals surface area contributed by atoms with Gasteiger partial charge in [-0.05, 0) is 19.2 Å². The number of hydrogen-bond acceptors (Lipinski definition) is 4. The van der Waals surface area contributed by atoms with Crippen molar-refractivity contribution in [3.05, 3.63) is 47.4 Å². The molecule has 0 atom stereocenters. The van der Waals surface area contributed by atoms with Crippen molar-refractivity contribution < 1.29 is 19.4 Å². The van der Waals surface area contributed by atoms with E-state index in [1.807, 2.05) is 30.3 Å². The van der Waals surface area contributed by atoms with Gasteiger partial charge >= 0.3 is 5.97 Å². The lowest BCUT2D eigenvalue weighted by Gasteiger charge is -2.13. The van der Waals surface area contributed by atoms with Crippen molar-refractivity contribution in [2.24, 2.45) is 0 Å². The molecule has 1 aromatic rings. The summed E-state index contributed by atoms with van der Waals surface area (Å²) >= 11 is 0. The molecule has 0 aromatic heterocycles. The number of rotatable bonds is 3. The van der Waals surface area contributed by atoms with Gasteiger partial charge in [0.2, 0.25) is 0 Å². The molecule has 0 heterocycles. The van der Waals surface area contributed by atoms with Crippen LogP contribution in [0.1, 0.15) is 12.0 Å². The van der Waals surface area contributed by atoms with Gasteiger partial charge in [-0.1, -0.05) is 30.0 Å². The van der Waals surface area contributed by atoms with Crippen LogP contribution in [0.2, 0.25) is 0 Å². The molecule has 0 N–H and O–H groups in total. The first-order chi connectivity index (χ1) is 8.69. The summed E-state index contributed by atoms with van der Waals surface area (Å²) in [5.41, 5.74) is 0.704. The second kappa shape index (κ2) is 7.02. The van der Waals surface area contributed by atoms with Gasteiger partial charge in [-0.25, -0.2) is 4.79 Å². The zero-order valence-electron chi connectivity index (χ0n) is 10.2. The molecule has 0 aliphatic rings. The molecule has 0 aliphatic heterocycles. The largest absolute Gasteiger partial charge is 0.616 e. The van der Waals surface area contributed by atoms with Crippen molar-refractivity contribution in [2.75, 3.05) is 14.2 Å². The van der Waals surface area contributed by atoms with Gasteiger partial charge in [0, 0.05) is 12.0 Å². The smallest absolute Gasteiger partial charge is 0.336 e. The number of ether oxygens (including phenoxy) is 2. The SMILES string of the molecule is COC(=O)/C(CC#Cc1ccccc1)=C(/[O-])OC. The van der Waals surface area contributed by atoms with Crippen LogP contribution >= 0.6 is 0 Å². The Morgan fingerprint density at radius 3 is 2.44 bits per heavy atom. The average molecular weight is 245 g/mol. The lowest BCUT2D eigenvalue weighted by Crippen LogP contribution is -2.16. The van der Waals surface area contributed by atoms with Gasteiger partial charge in [0.25, 0.3) is 0 Å². The molecule has 0 saturated heterocycles. The van der Waals surface area contributed by atoms with Crippen LogP contribution < -0.4 is 5.11 Å². The normalized spacial score (nSPS) is 10.8. The number of benzene rings is 1. The first-order valence-corrected chi connectivity index (χ1v) is 5.25. The van der Waals surface area contributed by atoms with Crippen LogP contribution in [0.3, 0.4) is 0 Å². The highest BCUT2D eigenvalue weighted by atomic mass is 16.6. The summed E-state index contributed by atoms with van der Waals surface area (Å²) in [7, 11) is 2.41. The highest BCUT2D eigenvalue weighted by Crippen LogP contribution is 2.07. The molecular formula is C14H13O4-. The van der Waals surface area contributed by atoms with Crippen LogP contribution in [-0.4, -0.2) is 20.2 Å². The van der Waals surface area contributed by atoms with Gasteiger partial charge < -0.3 is 14.6 Å². The topological polar surface area (TPSA) is 58.6 Å². The lowest BCUT2D eigenvalue weighted by atomic mass is 10.2. The number of hydrogen-bond donors (Lipinski definition) is 0. The Kier molecular flexibility index (Phi) is 5.33. The van der Waals surface area contributed by atoms with Crippen molar-refractivity contribution in [2.45, 2.75) is 6.42 Å². The van der Waals surface area contributed by atoms with E-state index in [1.54, 1.807) is 0 Å². The lowest BCUT2D eigenvalue weighted by molar-refractivity contribution is -0.355. The summed E-state index contributed by atoms with van der Waals surface area (Å²) in [5, 5.41) is 11.3. The van der Waals surface area contributed by atoms with Crippen LogP contribution in [0, 0.1) is 11.8 Å². The Labute approximate surface area is 106 Å². The average Bonchev–Trinajstić information content (AvgIpc) is 2.43. The summed E-state index contributed by atoms with van der Waals surface area (Å²) in [6.07, 6.45) is -0.00571. The molecule has 18 heavy (non-hydrogen) atoms. The third-order valence-electron chi connectivity index (χ3n) is 2.14. The van der Waals surface area contributed by atoms with Crippen molar-refractivity contribution in [1.82, 2.24) is 0 Å². The van der Waals surface area contributed by atoms with Crippen molar-refractivity contribution in [3.63, 3.8) is 0 Å². The number of esters is 1. The highest BCUT2D eigenvalue weighted by Gasteiger charge is 2.10. The third kappa shape index (κ3) is 3.87. The molecule has 0 fully saturated rings. The maximum absolute atomic E-state index is 11.3. The molecule has 0 unspecified atom stereocenters. The molecule has 1 aromatic carbocycles. The fraction of sp³-hybridized carbons (Fsp3) is 0.214. The van der Waals surface area contributed by atoms with Crippen molar-refractivity contribution in [1.29, 1.82) is 0 Å². The summed E-state index contributed by atoms with van der Waals surface area (Å²) in [6, 6.07) is 9.27. The number of methoxy groups -OCH3 is 2. The first kappa shape index (κ1) is 13.7. The minimum absolute atomic E-state index is 0.00571. The van der Waals surface area contributed by atoms with E-state index in [-0.39, 0.29) is 12.0 Å². The summed E-state index contributed by atoms with van der Waals surface area (Å²) in [5.74, 6) is 4.15. The summed E-state index contributed by atoms with van der Waals surface area (Å²) in [4.78, 5) is 11.3. The molecule has 4 heteroatoms. The quantitative estimate of drug-likeness (QED) is 0.342. The van der Waals surface area contributed by atoms with Crippen molar-refractivity contribution in [3.8, 4) is 11.8 Å². The van der Waals surface area contributed by atoms with Crippen LogP contribution in [0.4, 0.5) is 0 Å². The van der Waals surface area contributed by atoms with Crippen LogP contribution in [0.25, 0.3) is 0 Å². The molecular weight excluding hydrogens is 232 g/mol. The Balaban J connectivity index is 2.82. The predicted molar refractivity (Wildman–Crippen MR) is 64.0 cm³/mol. The molecule has 0 spiro atoms. The fourth-order valence-corrected chi connectivity index (χ4v) is 1.23. The van der Waals surface area contributed by atoms with Crippen molar-refractivity contribution >= 4 is 5.97 Å². The Bertz CT molecular complexity index is 492.